The fraction of sp³-hybridized carbons (Fsp3) is 0.240. The molecule has 4 rings (SSSR count). The van der Waals surface area contributed by atoms with Crippen LogP contribution in [0.4, 0.5) is 4.39 Å². The maximum absolute atomic E-state index is 14.8. The Hall–Kier alpha value is -3.94. The van der Waals surface area contributed by atoms with E-state index >= 15 is 0 Å². The quantitative estimate of drug-likeness (QED) is 0.472. The normalized spacial score (nSPS) is 11.1. The van der Waals surface area contributed by atoms with Crippen LogP contribution in [0.1, 0.15) is 52.9 Å². The molecular weight excluding hydrogens is 419 g/mol. The predicted molar refractivity (Wildman–Crippen MR) is 124 cm³/mol. The van der Waals surface area contributed by atoms with Crippen molar-refractivity contribution in [1.82, 2.24) is 30.0 Å². The number of halogens is 1. The molecule has 8 heteroatoms. The van der Waals surface area contributed by atoms with Gasteiger partial charge < -0.3 is 5.32 Å². The van der Waals surface area contributed by atoms with E-state index in [9.17, 15) is 9.18 Å². The first-order valence-corrected chi connectivity index (χ1v) is 10.7. The number of rotatable bonds is 6. The number of carbonyl (C=O) groups excluding carboxylic acids is 1. The Morgan fingerprint density at radius 3 is 2.58 bits per heavy atom. The molecule has 0 aliphatic heterocycles. The molecule has 2 heterocycles. The van der Waals surface area contributed by atoms with Crippen LogP contribution in [0.5, 0.6) is 0 Å². The van der Waals surface area contributed by atoms with E-state index in [0.29, 0.717) is 28.1 Å². The predicted octanol–water partition coefficient (Wildman–Crippen LogP) is 4.53. The van der Waals surface area contributed by atoms with Gasteiger partial charge in [-0.15, -0.1) is 0 Å². The van der Waals surface area contributed by atoms with Crippen LogP contribution in [-0.4, -0.2) is 30.6 Å². The zero-order valence-corrected chi connectivity index (χ0v) is 19.0. The van der Waals surface area contributed by atoms with Crippen molar-refractivity contribution in [3.8, 4) is 16.8 Å². The van der Waals surface area contributed by atoms with E-state index in [-0.39, 0.29) is 24.2 Å². The van der Waals surface area contributed by atoms with Crippen molar-refractivity contribution in [2.45, 2.75) is 40.2 Å². The molecule has 0 unspecified atom stereocenters. The topological polar surface area (TPSA) is 85.6 Å². The molecule has 0 bridgehead atoms. The standard InChI is InChI=1S/C25H25FN6O/c1-15(2)24-30-14-31-32(24)21-9-18(22-6-5-16(3)7-23(22)26)8-19(10-21)25(33)29-13-20-12-27-17(4)11-28-20/h5-12,14-15H,13H2,1-4H3,(H,29,33). The smallest absolute Gasteiger partial charge is 0.251 e. The third-order valence-electron chi connectivity index (χ3n) is 5.22. The highest BCUT2D eigenvalue weighted by Gasteiger charge is 2.17. The molecule has 2 aromatic carbocycles. The molecule has 4 aromatic rings. The molecule has 0 aliphatic rings. The van der Waals surface area contributed by atoms with Gasteiger partial charge in [-0.2, -0.15) is 5.10 Å². The molecule has 0 atom stereocenters. The number of nitrogens with zero attached hydrogens (tertiary/aromatic N) is 5. The highest BCUT2D eigenvalue weighted by molar-refractivity contribution is 5.96. The molecule has 1 amide bonds. The number of hydrogen-bond acceptors (Lipinski definition) is 5. The van der Waals surface area contributed by atoms with Gasteiger partial charge in [0.2, 0.25) is 0 Å². The van der Waals surface area contributed by atoms with Gasteiger partial charge in [0.15, 0.2) is 0 Å². The van der Waals surface area contributed by atoms with Crippen LogP contribution < -0.4 is 5.32 Å². The second-order valence-corrected chi connectivity index (χ2v) is 8.27. The Balaban J connectivity index is 1.74. The van der Waals surface area contributed by atoms with Crippen molar-refractivity contribution in [2.24, 2.45) is 0 Å². The summed E-state index contributed by atoms with van der Waals surface area (Å²) in [5, 5.41) is 7.21. The summed E-state index contributed by atoms with van der Waals surface area (Å²) >= 11 is 0. The summed E-state index contributed by atoms with van der Waals surface area (Å²) in [6, 6.07) is 10.3. The molecule has 168 valence electrons. The van der Waals surface area contributed by atoms with E-state index < -0.39 is 0 Å². The van der Waals surface area contributed by atoms with E-state index in [1.807, 2.05) is 39.8 Å². The zero-order chi connectivity index (χ0) is 23.5. The lowest BCUT2D eigenvalue weighted by Gasteiger charge is -2.14. The third-order valence-corrected chi connectivity index (χ3v) is 5.22. The van der Waals surface area contributed by atoms with Crippen LogP contribution in [-0.2, 0) is 6.54 Å². The lowest BCUT2D eigenvalue weighted by molar-refractivity contribution is 0.0950. The van der Waals surface area contributed by atoms with Gasteiger partial charge in [-0.1, -0.05) is 26.0 Å². The van der Waals surface area contributed by atoms with Crippen LogP contribution in [0, 0.1) is 19.7 Å². The summed E-state index contributed by atoms with van der Waals surface area (Å²) in [6.45, 7) is 7.94. The van der Waals surface area contributed by atoms with Crippen LogP contribution in [0.2, 0.25) is 0 Å². The van der Waals surface area contributed by atoms with Gasteiger partial charge in [-0.05, 0) is 49.2 Å². The van der Waals surface area contributed by atoms with Gasteiger partial charge in [0, 0.05) is 23.2 Å². The molecule has 1 N–H and O–H groups in total. The fourth-order valence-corrected chi connectivity index (χ4v) is 3.50. The fourth-order valence-electron chi connectivity index (χ4n) is 3.50. The molecule has 33 heavy (non-hydrogen) atoms. The summed E-state index contributed by atoms with van der Waals surface area (Å²) in [5.74, 6) is 0.206. The highest BCUT2D eigenvalue weighted by Crippen LogP contribution is 2.28. The van der Waals surface area contributed by atoms with E-state index in [1.54, 1.807) is 35.3 Å². The lowest BCUT2D eigenvalue weighted by atomic mass is 9.99. The Bertz CT molecular complexity index is 1300. The first kappa shape index (κ1) is 22.3. The SMILES string of the molecule is Cc1ccc(-c2cc(C(=O)NCc3cnc(C)cn3)cc(-n3ncnc3C(C)C)c2)c(F)c1. The van der Waals surface area contributed by atoms with E-state index in [0.717, 1.165) is 17.1 Å². The number of aromatic nitrogens is 5. The molecule has 0 saturated carbocycles. The monoisotopic (exact) mass is 444 g/mol. The number of amides is 1. The van der Waals surface area contributed by atoms with Gasteiger partial charge in [-0.25, -0.2) is 14.1 Å². The minimum Gasteiger partial charge on any atom is -0.346 e. The summed E-state index contributed by atoms with van der Waals surface area (Å²) in [7, 11) is 0. The first-order valence-electron chi connectivity index (χ1n) is 10.7. The van der Waals surface area contributed by atoms with Crippen LogP contribution >= 0.6 is 0 Å². The number of nitrogens with one attached hydrogen (secondary N) is 1. The zero-order valence-electron chi connectivity index (χ0n) is 19.0. The Kier molecular flexibility index (Phi) is 6.26. The maximum atomic E-state index is 14.8. The maximum Gasteiger partial charge on any atom is 0.251 e. The Labute approximate surface area is 191 Å². The number of hydrogen-bond donors (Lipinski definition) is 1. The summed E-state index contributed by atoms with van der Waals surface area (Å²) in [4.78, 5) is 25.9. The van der Waals surface area contributed by atoms with Gasteiger partial charge >= 0.3 is 0 Å². The molecule has 0 radical (unpaired) electrons. The second kappa shape index (κ2) is 9.28. The Morgan fingerprint density at radius 1 is 1.06 bits per heavy atom. The van der Waals surface area contributed by atoms with Crippen molar-refractivity contribution in [1.29, 1.82) is 0 Å². The average Bonchev–Trinajstić information content (AvgIpc) is 3.29. The highest BCUT2D eigenvalue weighted by atomic mass is 19.1. The molecule has 0 saturated heterocycles. The van der Waals surface area contributed by atoms with Gasteiger partial charge in [0.1, 0.15) is 18.0 Å². The number of benzene rings is 2. The number of aryl methyl sites for hydroxylation is 2. The molecule has 0 spiro atoms. The van der Waals surface area contributed by atoms with Gasteiger partial charge in [0.05, 0.1) is 29.8 Å². The third kappa shape index (κ3) is 4.95. The molecule has 0 aliphatic carbocycles. The first-order chi connectivity index (χ1) is 15.8. The van der Waals surface area contributed by atoms with Crippen molar-refractivity contribution < 1.29 is 9.18 Å². The van der Waals surface area contributed by atoms with E-state index in [1.165, 1.54) is 12.4 Å². The summed E-state index contributed by atoms with van der Waals surface area (Å²) in [6.07, 6.45) is 4.76. The summed E-state index contributed by atoms with van der Waals surface area (Å²) in [5.41, 5.74) is 4.27. The molecular formula is C25H25FN6O. The van der Waals surface area contributed by atoms with Gasteiger partial charge in [0.25, 0.3) is 5.91 Å². The van der Waals surface area contributed by atoms with Crippen molar-refractivity contribution >= 4 is 5.91 Å². The Morgan fingerprint density at radius 2 is 1.88 bits per heavy atom. The van der Waals surface area contributed by atoms with Crippen LogP contribution in [0.15, 0.2) is 55.1 Å². The van der Waals surface area contributed by atoms with Crippen LogP contribution in [0.25, 0.3) is 16.8 Å². The number of carbonyl (C=O) groups is 1. The van der Waals surface area contributed by atoms with E-state index in [4.69, 9.17) is 0 Å². The van der Waals surface area contributed by atoms with Crippen molar-refractivity contribution in [3.05, 3.63) is 89.3 Å². The van der Waals surface area contributed by atoms with E-state index in [2.05, 4.69) is 25.4 Å². The molecule has 2 aromatic heterocycles. The largest absolute Gasteiger partial charge is 0.346 e. The lowest BCUT2D eigenvalue weighted by Crippen LogP contribution is -2.23. The minimum absolute atomic E-state index is 0.115. The van der Waals surface area contributed by atoms with Gasteiger partial charge in [-0.3, -0.25) is 14.8 Å². The minimum atomic E-state index is -0.351. The average molecular weight is 445 g/mol. The molecule has 7 nitrogen and oxygen atoms in total. The second-order valence-electron chi connectivity index (χ2n) is 8.27. The molecule has 0 fully saturated rings. The van der Waals surface area contributed by atoms with Crippen LogP contribution in [0.3, 0.4) is 0 Å². The summed E-state index contributed by atoms with van der Waals surface area (Å²) < 4.78 is 16.5. The van der Waals surface area contributed by atoms with Crippen molar-refractivity contribution in [2.75, 3.05) is 0 Å². The van der Waals surface area contributed by atoms with Crippen molar-refractivity contribution in [3.63, 3.8) is 0 Å².